The molecule has 0 saturated carbocycles. The second kappa shape index (κ2) is 10.3. The van der Waals surface area contributed by atoms with Crippen LogP contribution in [-0.2, 0) is 22.6 Å². The minimum atomic E-state index is -0.521. The molecule has 1 aliphatic heterocycles. The average Bonchev–Trinajstić information content (AvgIpc) is 2.82. The average molecular weight is 535 g/mol. The van der Waals surface area contributed by atoms with Crippen molar-refractivity contribution in [3.8, 4) is 5.75 Å². The van der Waals surface area contributed by atoms with Gasteiger partial charge in [0, 0.05) is 0 Å². The highest BCUT2D eigenvalue weighted by Gasteiger charge is 2.34. The van der Waals surface area contributed by atoms with Crippen molar-refractivity contribution in [2.75, 3.05) is 4.90 Å². The van der Waals surface area contributed by atoms with Gasteiger partial charge in [-0.05, 0) is 88.5 Å². The van der Waals surface area contributed by atoms with Crippen molar-refractivity contribution in [2.24, 2.45) is 0 Å². The lowest BCUT2D eigenvalue weighted by Gasteiger charge is -2.29. The third-order valence-electron chi connectivity index (χ3n) is 5.49. The van der Waals surface area contributed by atoms with Crippen molar-refractivity contribution >= 4 is 56.8 Å². The van der Waals surface area contributed by atoms with Crippen LogP contribution in [-0.4, -0.2) is 16.9 Å². The fraction of sp³-hybridized carbons (Fsp3) is 0.148. The van der Waals surface area contributed by atoms with Crippen LogP contribution < -0.4 is 15.0 Å². The summed E-state index contributed by atoms with van der Waals surface area (Å²) in [6, 6.07) is 21.1. The number of carbonyl (C=O) groups is 2. The van der Waals surface area contributed by atoms with Gasteiger partial charge in [0.05, 0.1) is 10.2 Å². The number of thiocarbonyl (C=S) groups is 1. The SMILES string of the molecule is CCc1ccc(N2C(=O)/C(=C/c3ccc(OCc4ccc(C)cc4)c(Br)c3)C(=O)NC2=S)cc1. The molecule has 1 aliphatic rings. The Hall–Kier alpha value is -3.29. The number of halogens is 1. The number of carbonyl (C=O) groups excluding carboxylic acids is 2. The largest absolute Gasteiger partial charge is 0.488 e. The summed E-state index contributed by atoms with van der Waals surface area (Å²) in [5, 5.41) is 2.69. The van der Waals surface area contributed by atoms with Crippen LogP contribution in [0.1, 0.15) is 29.2 Å². The lowest BCUT2D eigenvalue weighted by molar-refractivity contribution is -0.122. The van der Waals surface area contributed by atoms with Crippen molar-refractivity contribution in [2.45, 2.75) is 26.9 Å². The number of anilines is 1. The number of rotatable bonds is 6. The van der Waals surface area contributed by atoms with Gasteiger partial charge in [0.1, 0.15) is 17.9 Å². The Kier molecular flexibility index (Phi) is 7.24. The van der Waals surface area contributed by atoms with E-state index in [1.807, 2.05) is 67.6 Å². The van der Waals surface area contributed by atoms with Crippen LogP contribution >= 0.6 is 28.1 Å². The van der Waals surface area contributed by atoms with E-state index in [9.17, 15) is 9.59 Å². The van der Waals surface area contributed by atoms with Gasteiger partial charge in [0.25, 0.3) is 11.8 Å². The van der Waals surface area contributed by atoms with E-state index in [1.54, 1.807) is 12.1 Å². The molecule has 1 saturated heterocycles. The fourth-order valence-electron chi connectivity index (χ4n) is 3.51. The maximum absolute atomic E-state index is 13.2. The number of aryl methyl sites for hydroxylation is 2. The quantitative estimate of drug-likeness (QED) is 0.249. The Morgan fingerprint density at radius 2 is 1.68 bits per heavy atom. The minimum Gasteiger partial charge on any atom is -0.488 e. The van der Waals surface area contributed by atoms with Gasteiger partial charge in [-0.2, -0.15) is 0 Å². The molecular formula is C27H23BrN2O3S. The maximum atomic E-state index is 13.2. The normalized spacial score (nSPS) is 15.0. The summed E-state index contributed by atoms with van der Waals surface area (Å²) in [5.41, 5.74) is 4.71. The van der Waals surface area contributed by atoms with Crippen molar-refractivity contribution in [1.29, 1.82) is 0 Å². The zero-order chi connectivity index (χ0) is 24.2. The smallest absolute Gasteiger partial charge is 0.270 e. The molecule has 0 atom stereocenters. The Bertz CT molecular complexity index is 1280. The molecule has 0 spiro atoms. The molecule has 0 unspecified atom stereocenters. The number of hydrogen-bond donors (Lipinski definition) is 1. The first-order valence-electron chi connectivity index (χ1n) is 10.8. The molecule has 3 aromatic carbocycles. The lowest BCUT2D eigenvalue weighted by atomic mass is 10.1. The Labute approximate surface area is 212 Å². The van der Waals surface area contributed by atoms with Crippen LogP contribution in [0.5, 0.6) is 5.75 Å². The van der Waals surface area contributed by atoms with E-state index in [0.29, 0.717) is 23.6 Å². The van der Waals surface area contributed by atoms with Crippen LogP contribution in [0.25, 0.3) is 6.08 Å². The Morgan fingerprint density at radius 1 is 1.00 bits per heavy atom. The van der Waals surface area contributed by atoms with E-state index in [4.69, 9.17) is 17.0 Å². The van der Waals surface area contributed by atoms with Gasteiger partial charge >= 0.3 is 0 Å². The fourth-order valence-corrected chi connectivity index (χ4v) is 4.30. The van der Waals surface area contributed by atoms with E-state index in [0.717, 1.165) is 22.0 Å². The van der Waals surface area contributed by atoms with Gasteiger partial charge in [0.15, 0.2) is 5.11 Å². The first-order chi connectivity index (χ1) is 16.4. The van der Waals surface area contributed by atoms with E-state index in [1.165, 1.54) is 10.5 Å². The summed E-state index contributed by atoms with van der Waals surface area (Å²) >= 11 is 8.81. The lowest BCUT2D eigenvalue weighted by Crippen LogP contribution is -2.54. The molecule has 5 nitrogen and oxygen atoms in total. The third kappa shape index (κ3) is 5.26. The van der Waals surface area contributed by atoms with E-state index < -0.39 is 11.8 Å². The number of nitrogens with one attached hydrogen (secondary N) is 1. The first-order valence-corrected chi connectivity index (χ1v) is 12.0. The van der Waals surface area contributed by atoms with E-state index in [2.05, 4.69) is 28.2 Å². The zero-order valence-corrected chi connectivity index (χ0v) is 21.2. The van der Waals surface area contributed by atoms with E-state index >= 15 is 0 Å². The molecule has 2 amide bonds. The molecule has 34 heavy (non-hydrogen) atoms. The number of amides is 2. The topological polar surface area (TPSA) is 58.6 Å². The van der Waals surface area contributed by atoms with Crippen molar-refractivity contribution in [3.05, 3.63) is 99.0 Å². The van der Waals surface area contributed by atoms with Crippen LogP contribution in [0.4, 0.5) is 5.69 Å². The van der Waals surface area contributed by atoms with Crippen LogP contribution in [0, 0.1) is 6.92 Å². The van der Waals surface area contributed by atoms with Crippen LogP contribution in [0.2, 0.25) is 0 Å². The first kappa shape index (κ1) is 23.9. The summed E-state index contributed by atoms with van der Waals surface area (Å²) in [7, 11) is 0. The van der Waals surface area contributed by atoms with Gasteiger partial charge in [0.2, 0.25) is 0 Å². The Morgan fingerprint density at radius 3 is 2.32 bits per heavy atom. The number of ether oxygens (including phenoxy) is 1. The van der Waals surface area contributed by atoms with Gasteiger partial charge in [-0.3, -0.25) is 19.8 Å². The van der Waals surface area contributed by atoms with Crippen molar-refractivity contribution in [1.82, 2.24) is 5.32 Å². The molecule has 1 fully saturated rings. The summed E-state index contributed by atoms with van der Waals surface area (Å²) in [6.07, 6.45) is 2.45. The number of benzene rings is 3. The zero-order valence-electron chi connectivity index (χ0n) is 18.8. The summed E-state index contributed by atoms with van der Waals surface area (Å²) in [6.45, 7) is 4.54. The second-order valence-corrected chi connectivity index (χ2v) is 9.18. The van der Waals surface area contributed by atoms with Crippen molar-refractivity contribution < 1.29 is 14.3 Å². The van der Waals surface area contributed by atoms with Crippen LogP contribution in [0.15, 0.2) is 76.8 Å². The van der Waals surface area contributed by atoms with Gasteiger partial charge in [-0.1, -0.05) is 55.0 Å². The third-order valence-corrected chi connectivity index (χ3v) is 6.39. The molecule has 0 aromatic heterocycles. The molecule has 172 valence electrons. The maximum Gasteiger partial charge on any atom is 0.270 e. The molecule has 7 heteroatoms. The molecule has 0 aliphatic carbocycles. The molecule has 3 aromatic rings. The van der Waals surface area contributed by atoms with E-state index in [-0.39, 0.29) is 10.7 Å². The highest BCUT2D eigenvalue weighted by atomic mass is 79.9. The summed E-state index contributed by atoms with van der Waals surface area (Å²) in [4.78, 5) is 27.1. The molecular weight excluding hydrogens is 512 g/mol. The predicted molar refractivity (Wildman–Crippen MR) is 142 cm³/mol. The monoisotopic (exact) mass is 534 g/mol. The molecule has 0 bridgehead atoms. The summed E-state index contributed by atoms with van der Waals surface area (Å²) < 4.78 is 6.64. The molecule has 0 radical (unpaired) electrons. The molecule has 4 rings (SSSR count). The molecule has 1 N–H and O–H groups in total. The van der Waals surface area contributed by atoms with Gasteiger partial charge < -0.3 is 4.74 Å². The van der Waals surface area contributed by atoms with Gasteiger partial charge in [-0.25, -0.2) is 0 Å². The number of hydrogen-bond acceptors (Lipinski definition) is 4. The Balaban J connectivity index is 1.54. The number of nitrogens with zero attached hydrogens (tertiary/aromatic N) is 1. The summed E-state index contributed by atoms with van der Waals surface area (Å²) in [5.74, 6) is -0.318. The molecule has 1 heterocycles. The highest BCUT2D eigenvalue weighted by molar-refractivity contribution is 9.10. The second-order valence-electron chi connectivity index (χ2n) is 7.94. The highest BCUT2D eigenvalue weighted by Crippen LogP contribution is 2.29. The predicted octanol–water partition coefficient (Wildman–Crippen LogP) is 5.73. The van der Waals surface area contributed by atoms with Crippen LogP contribution in [0.3, 0.4) is 0 Å². The minimum absolute atomic E-state index is 0.00777. The standard InChI is InChI=1S/C27H23BrN2O3S/c1-3-18-8-11-21(12-9-18)30-26(32)22(25(31)29-27(30)34)14-20-10-13-24(23(28)15-20)33-16-19-6-4-17(2)5-7-19/h4-15H,3,16H2,1-2H3,(H,29,31,34)/b22-14+. The van der Waals surface area contributed by atoms with Crippen molar-refractivity contribution in [3.63, 3.8) is 0 Å². The van der Waals surface area contributed by atoms with Gasteiger partial charge in [-0.15, -0.1) is 0 Å².